The topological polar surface area (TPSA) is 192 Å². The Kier molecular flexibility index (Phi) is 9.70. The number of hydrogen-bond donors (Lipinski definition) is 2. The maximum absolute atomic E-state index is 13.9. The van der Waals surface area contributed by atoms with Gasteiger partial charge in [0.25, 0.3) is 10.2 Å². The summed E-state index contributed by atoms with van der Waals surface area (Å²) < 4.78 is 34.0. The predicted molar refractivity (Wildman–Crippen MR) is 221 cm³/mol. The lowest BCUT2D eigenvalue weighted by Crippen LogP contribution is -2.49. The molecule has 2 aliphatic carbocycles. The first-order valence-electron chi connectivity index (χ1n) is 21.9. The zero-order valence-electron chi connectivity index (χ0n) is 34.3. The Hall–Kier alpha value is -4.68. The van der Waals surface area contributed by atoms with E-state index >= 15 is 0 Å². The quantitative estimate of drug-likeness (QED) is 0.286. The van der Waals surface area contributed by atoms with Crippen LogP contribution in [0.5, 0.6) is 0 Å². The first-order chi connectivity index (χ1) is 28.8. The summed E-state index contributed by atoms with van der Waals surface area (Å²) in [6.07, 6.45) is 9.91. The Bertz CT molecular complexity index is 2440. The number of amides is 4. The van der Waals surface area contributed by atoms with Gasteiger partial charge in [-0.05, 0) is 87.2 Å². The van der Waals surface area contributed by atoms with Gasteiger partial charge >= 0.3 is 5.69 Å². The molecule has 18 heteroatoms. The average Bonchev–Trinajstić information content (AvgIpc) is 3.45. The highest BCUT2D eigenvalue weighted by Crippen LogP contribution is 2.58. The number of anilines is 2. The number of imide groups is 1. The van der Waals surface area contributed by atoms with Crippen LogP contribution in [0.2, 0.25) is 0 Å². The number of aryl methyl sites for hydroxylation is 2. The highest BCUT2D eigenvalue weighted by Gasteiger charge is 2.62. The molecular weight excluding hydrogens is 789 g/mol. The number of carbonyl (C=O) groups excluding carboxylic acids is 4. The third kappa shape index (κ3) is 6.46. The van der Waals surface area contributed by atoms with Crippen LogP contribution < -0.4 is 21.2 Å². The van der Waals surface area contributed by atoms with Crippen LogP contribution in [0, 0.1) is 17.8 Å². The summed E-state index contributed by atoms with van der Waals surface area (Å²) in [6, 6.07) is 5.02. The van der Waals surface area contributed by atoms with E-state index in [4.69, 9.17) is 4.98 Å². The van der Waals surface area contributed by atoms with Gasteiger partial charge in [0.15, 0.2) is 0 Å². The number of rotatable bonds is 10. The SMILES string of the molecule is CC1CCCC1N1C(=O)C2(CC2)c2cnc(NC3CCN(S(=O)(=O)N4CC5CN(C(=O)CCCc6cccc7c6n(C)c(=O)n7C6CCC(=O)NC6=O)CC5C4)CC3)nc21. The van der Waals surface area contributed by atoms with E-state index < -0.39 is 27.6 Å². The van der Waals surface area contributed by atoms with Crippen molar-refractivity contribution in [2.75, 3.05) is 49.5 Å². The molecule has 2 saturated carbocycles. The average molecular weight is 843 g/mol. The van der Waals surface area contributed by atoms with E-state index in [0.717, 1.165) is 54.6 Å². The number of likely N-dealkylation sites (tertiary alicyclic amines) is 1. The van der Waals surface area contributed by atoms with E-state index in [1.54, 1.807) is 15.7 Å². The molecule has 17 nitrogen and oxygen atoms in total. The summed E-state index contributed by atoms with van der Waals surface area (Å²) in [6.45, 7) is 4.86. The summed E-state index contributed by atoms with van der Waals surface area (Å²) >= 11 is 0. The van der Waals surface area contributed by atoms with Crippen LogP contribution in [-0.2, 0) is 48.3 Å². The minimum absolute atomic E-state index is 0.0108. The molecule has 1 spiro atoms. The Balaban J connectivity index is 0.709. The molecule has 0 radical (unpaired) electrons. The van der Waals surface area contributed by atoms with E-state index in [0.29, 0.717) is 88.8 Å². The number of fused-ring (bicyclic) bond motifs is 4. The number of benzene rings is 1. The fourth-order valence-electron chi connectivity index (χ4n) is 11.3. The number of carbonyl (C=O) groups is 4. The fraction of sp³-hybridized carbons (Fsp3) is 0.643. The lowest BCUT2D eigenvalue weighted by molar-refractivity contribution is -0.136. The van der Waals surface area contributed by atoms with E-state index in [2.05, 4.69) is 22.5 Å². The summed E-state index contributed by atoms with van der Waals surface area (Å²) in [5.74, 6) is 1.28. The van der Waals surface area contributed by atoms with Crippen LogP contribution >= 0.6 is 0 Å². The van der Waals surface area contributed by atoms with Gasteiger partial charge in [0, 0.05) is 83.0 Å². The molecule has 5 unspecified atom stereocenters. The second kappa shape index (κ2) is 14.8. The molecule has 5 aliphatic heterocycles. The maximum atomic E-state index is 13.9. The lowest BCUT2D eigenvalue weighted by atomic mass is 10.0. The molecule has 1 aromatic carbocycles. The summed E-state index contributed by atoms with van der Waals surface area (Å²) in [5, 5.41) is 5.81. The first-order valence-corrected chi connectivity index (χ1v) is 23.3. The number of nitrogens with zero attached hydrogens (tertiary/aromatic N) is 8. The van der Waals surface area contributed by atoms with Crippen molar-refractivity contribution >= 4 is 56.6 Å². The Morgan fingerprint density at radius 3 is 2.40 bits per heavy atom. The molecule has 2 aromatic heterocycles. The molecule has 3 aromatic rings. The second-order valence-corrected chi connectivity index (χ2v) is 20.4. The molecule has 0 bridgehead atoms. The van der Waals surface area contributed by atoms with Gasteiger partial charge in [-0.15, -0.1) is 0 Å². The highest BCUT2D eigenvalue weighted by molar-refractivity contribution is 7.86. The number of piperidine rings is 2. The van der Waals surface area contributed by atoms with Gasteiger partial charge in [0.2, 0.25) is 29.6 Å². The zero-order chi connectivity index (χ0) is 41.7. The lowest BCUT2D eigenvalue weighted by Gasteiger charge is -2.34. The van der Waals surface area contributed by atoms with Crippen molar-refractivity contribution in [2.24, 2.45) is 24.8 Å². The number of hydrogen-bond acceptors (Lipinski definition) is 10. The Labute approximate surface area is 349 Å². The van der Waals surface area contributed by atoms with Crippen molar-refractivity contribution in [2.45, 2.75) is 108 Å². The highest BCUT2D eigenvalue weighted by atomic mass is 32.2. The van der Waals surface area contributed by atoms with Gasteiger partial charge < -0.3 is 10.2 Å². The second-order valence-electron chi connectivity index (χ2n) is 18.4. The Morgan fingerprint density at radius 1 is 0.967 bits per heavy atom. The fourth-order valence-corrected chi connectivity index (χ4v) is 13.0. The van der Waals surface area contributed by atoms with E-state index in [-0.39, 0.29) is 60.2 Å². The molecule has 10 rings (SSSR count). The number of aromatic nitrogens is 4. The van der Waals surface area contributed by atoms with Gasteiger partial charge in [-0.3, -0.25) is 38.5 Å². The third-order valence-corrected chi connectivity index (χ3v) is 16.8. The van der Waals surface area contributed by atoms with Crippen molar-refractivity contribution in [3.05, 3.63) is 46.0 Å². The largest absolute Gasteiger partial charge is 0.351 e. The van der Waals surface area contributed by atoms with Gasteiger partial charge in [0.05, 0.1) is 16.4 Å². The molecule has 7 heterocycles. The van der Waals surface area contributed by atoms with Crippen LogP contribution in [-0.4, -0.2) is 116 Å². The molecule has 2 N–H and O–H groups in total. The van der Waals surface area contributed by atoms with Crippen molar-refractivity contribution in [1.29, 1.82) is 0 Å². The number of nitrogens with one attached hydrogen (secondary N) is 2. The molecular formula is C42H54N10O7S. The molecule has 7 aliphatic rings. The van der Waals surface area contributed by atoms with Gasteiger partial charge in [-0.25, -0.2) is 9.78 Å². The third-order valence-electron chi connectivity index (χ3n) is 14.8. The Morgan fingerprint density at radius 2 is 1.72 bits per heavy atom. The maximum Gasteiger partial charge on any atom is 0.329 e. The van der Waals surface area contributed by atoms with E-state index in [9.17, 15) is 32.4 Å². The van der Waals surface area contributed by atoms with Crippen molar-refractivity contribution in [1.82, 2.24) is 37.9 Å². The first kappa shape index (κ1) is 39.5. The van der Waals surface area contributed by atoms with Crippen LogP contribution in [0.4, 0.5) is 11.8 Å². The zero-order valence-corrected chi connectivity index (χ0v) is 35.2. The summed E-state index contributed by atoms with van der Waals surface area (Å²) in [4.78, 5) is 78.2. The normalized spacial score (nSPS) is 28.2. The molecule has 320 valence electrons. The molecule has 60 heavy (non-hydrogen) atoms. The minimum atomic E-state index is -3.66. The van der Waals surface area contributed by atoms with Crippen molar-refractivity contribution in [3.8, 4) is 0 Å². The standard InChI is InChI=1S/C42H54N10O7S/c1-25-6-3-9-31(25)52-37-30(42(16-17-42)39(52)56)20-43-40(46-37)44-29-14-18-49(19-15-29)60(58,59)50-23-27-21-48(22-28(27)24-50)35(54)11-5-8-26-7-4-10-32-36(26)47(2)41(57)51(32)33-12-13-34(53)45-38(33)55/h4,7,10,20,25,27-29,31,33H,3,5-6,8-9,11-19,21-24H2,1-2H3,(H,43,44,46)(H,45,53,55). The minimum Gasteiger partial charge on any atom is -0.351 e. The van der Waals surface area contributed by atoms with Gasteiger partial charge in [0.1, 0.15) is 11.9 Å². The van der Waals surface area contributed by atoms with Crippen LogP contribution in [0.1, 0.15) is 94.7 Å². The molecule has 4 amide bonds. The van der Waals surface area contributed by atoms with Gasteiger partial charge in [-0.2, -0.15) is 22.0 Å². The number of para-hydroxylation sites is 1. The molecule has 5 atom stereocenters. The van der Waals surface area contributed by atoms with Crippen molar-refractivity contribution < 1.29 is 27.6 Å². The number of imidazole rings is 1. The molecule has 6 fully saturated rings. The predicted octanol–water partition coefficient (Wildman–Crippen LogP) is 2.21. The smallest absolute Gasteiger partial charge is 0.329 e. The van der Waals surface area contributed by atoms with E-state index in [1.165, 1.54) is 9.13 Å². The van der Waals surface area contributed by atoms with Crippen LogP contribution in [0.3, 0.4) is 0 Å². The van der Waals surface area contributed by atoms with Crippen LogP contribution in [0.25, 0.3) is 11.0 Å². The summed E-state index contributed by atoms with van der Waals surface area (Å²) in [7, 11) is -1.99. The van der Waals surface area contributed by atoms with Gasteiger partial charge in [-0.1, -0.05) is 25.5 Å². The van der Waals surface area contributed by atoms with Crippen molar-refractivity contribution in [3.63, 3.8) is 0 Å². The van der Waals surface area contributed by atoms with E-state index in [1.807, 2.05) is 34.2 Å². The molecule has 4 saturated heterocycles. The monoisotopic (exact) mass is 842 g/mol. The van der Waals surface area contributed by atoms with Crippen LogP contribution in [0.15, 0.2) is 29.2 Å². The summed E-state index contributed by atoms with van der Waals surface area (Å²) in [5.41, 5.74) is 2.46.